The van der Waals surface area contributed by atoms with Crippen molar-refractivity contribution in [3.05, 3.63) is 33.8 Å². The van der Waals surface area contributed by atoms with Gasteiger partial charge in [0, 0.05) is 6.54 Å². The zero-order chi connectivity index (χ0) is 14.5. The molecule has 1 N–H and O–H groups in total. The van der Waals surface area contributed by atoms with Gasteiger partial charge >= 0.3 is 0 Å². The molecule has 0 saturated carbocycles. The molecule has 2 rings (SSSR count). The summed E-state index contributed by atoms with van der Waals surface area (Å²) in [7, 11) is 3.85. The first-order chi connectivity index (χ1) is 9.58. The summed E-state index contributed by atoms with van der Waals surface area (Å²) in [4.78, 5) is 17.8. The Bertz CT molecular complexity index is 610. The molecular weight excluding hydrogens is 284 g/mol. The first kappa shape index (κ1) is 14.5. The van der Waals surface area contributed by atoms with Gasteiger partial charge in [-0.3, -0.25) is 4.79 Å². The number of rotatable bonds is 6. The van der Waals surface area contributed by atoms with Crippen molar-refractivity contribution < 1.29 is 4.52 Å². The van der Waals surface area contributed by atoms with Gasteiger partial charge in [0.15, 0.2) is 5.82 Å². The van der Waals surface area contributed by atoms with E-state index in [9.17, 15) is 4.79 Å². The molecule has 9 heteroatoms. The van der Waals surface area contributed by atoms with E-state index in [4.69, 9.17) is 11.6 Å². The van der Waals surface area contributed by atoms with Crippen molar-refractivity contribution in [2.75, 3.05) is 26.0 Å². The molecule has 2 aromatic rings. The molecule has 0 atom stereocenters. The van der Waals surface area contributed by atoms with Crippen LogP contribution >= 0.6 is 11.6 Å². The zero-order valence-corrected chi connectivity index (χ0v) is 12.0. The second-order valence-corrected chi connectivity index (χ2v) is 4.78. The van der Waals surface area contributed by atoms with E-state index >= 15 is 0 Å². The average molecular weight is 299 g/mol. The summed E-state index contributed by atoms with van der Waals surface area (Å²) in [6.07, 6.45) is 2.75. The summed E-state index contributed by atoms with van der Waals surface area (Å²) in [5, 5.41) is 10.8. The van der Waals surface area contributed by atoms with Gasteiger partial charge in [0.25, 0.3) is 5.56 Å². The zero-order valence-electron chi connectivity index (χ0n) is 11.2. The summed E-state index contributed by atoms with van der Waals surface area (Å²) in [5.41, 5.74) is 0.120. The number of hydrogen-bond donors (Lipinski definition) is 1. The molecule has 0 radical (unpaired) electrons. The van der Waals surface area contributed by atoms with Crippen molar-refractivity contribution in [1.82, 2.24) is 24.8 Å². The quantitative estimate of drug-likeness (QED) is 0.828. The third-order valence-corrected chi connectivity index (χ3v) is 2.95. The molecule has 0 aromatic carbocycles. The summed E-state index contributed by atoms with van der Waals surface area (Å²) >= 11 is 6.04. The largest absolute Gasteiger partial charge is 0.375 e. The Hall–Kier alpha value is -1.93. The normalized spacial score (nSPS) is 11.0. The molecule has 0 aliphatic rings. The minimum Gasteiger partial charge on any atom is -0.375 e. The lowest BCUT2D eigenvalue weighted by Crippen LogP contribution is -2.29. The van der Waals surface area contributed by atoms with Crippen LogP contribution in [0.15, 0.2) is 21.9 Å². The Morgan fingerprint density at radius 3 is 2.95 bits per heavy atom. The molecule has 8 nitrogen and oxygen atoms in total. The lowest BCUT2D eigenvalue weighted by Gasteiger charge is -2.12. The summed E-state index contributed by atoms with van der Waals surface area (Å²) in [6, 6.07) is 0. The third kappa shape index (κ3) is 3.55. The van der Waals surface area contributed by atoms with Crippen molar-refractivity contribution in [1.29, 1.82) is 0 Å². The standard InChI is InChI=1S/C11H15ClN6O2/c1-17(2)3-4-18-11(19)10(12)8(5-15-18)13-6-9-14-7-20-16-9/h5,7,13H,3-4,6H2,1-2H3. The van der Waals surface area contributed by atoms with Crippen LogP contribution in [0.1, 0.15) is 5.82 Å². The van der Waals surface area contributed by atoms with Crippen molar-refractivity contribution in [3.63, 3.8) is 0 Å². The fourth-order valence-corrected chi connectivity index (χ4v) is 1.70. The van der Waals surface area contributed by atoms with Crippen LogP contribution in [-0.4, -0.2) is 45.5 Å². The van der Waals surface area contributed by atoms with E-state index in [0.717, 1.165) is 0 Å². The average Bonchev–Trinajstić information content (AvgIpc) is 2.92. The van der Waals surface area contributed by atoms with Gasteiger partial charge in [-0.15, -0.1) is 0 Å². The highest BCUT2D eigenvalue weighted by molar-refractivity contribution is 6.32. The molecule has 0 spiro atoms. The van der Waals surface area contributed by atoms with E-state index in [0.29, 0.717) is 31.1 Å². The second-order valence-electron chi connectivity index (χ2n) is 4.40. The van der Waals surface area contributed by atoms with Gasteiger partial charge in [0.05, 0.1) is 25.0 Å². The van der Waals surface area contributed by atoms with Crippen LogP contribution in [0.25, 0.3) is 0 Å². The Balaban J connectivity index is 2.08. The Kier molecular flexibility index (Phi) is 4.70. The predicted molar refractivity (Wildman–Crippen MR) is 73.7 cm³/mol. The van der Waals surface area contributed by atoms with Crippen LogP contribution in [0.4, 0.5) is 5.69 Å². The van der Waals surface area contributed by atoms with Gasteiger partial charge in [-0.25, -0.2) is 4.68 Å². The third-order valence-electron chi connectivity index (χ3n) is 2.59. The van der Waals surface area contributed by atoms with Crippen LogP contribution in [0, 0.1) is 0 Å². The van der Waals surface area contributed by atoms with Gasteiger partial charge in [0.1, 0.15) is 5.02 Å². The van der Waals surface area contributed by atoms with E-state index < -0.39 is 0 Å². The van der Waals surface area contributed by atoms with E-state index in [1.807, 2.05) is 19.0 Å². The smallest absolute Gasteiger partial charge is 0.287 e. The van der Waals surface area contributed by atoms with Gasteiger partial charge in [-0.2, -0.15) is 10.1 Å². The van der Waals surface area contributed by atoms with Crippen molar-refractivity contribution in [2.45, 2.75) is 13.1 Å². The number of likely N-dealkylation sites (N-methyl/N-ethyl adjacent to an activating group) is 1. The maximum absolute atomic E-state index is 12.0. The molecule has 0 fully saturated rings. The van der Waals surface area contributed by atoms with Gasteiger partial charge in [-0.1, -0.05) is 16.8 Å². The highest BCUT2D eigenvalue weighted by atomic mass is 35.5. The van der Waals surface area contributed by atoms with Crippen LogP contribution in [0.3, 0.4) is 0 Å². The highest BCUT2D eigenvalue weighted by Crippen LogP contribution is 2.15. The Labute approximate surface area is 120 Å². The fourth-order valence-electron chi connectivity index (χ4n) is 1.49. The maximum Gasteiger partial charge on any atom is 0.287 e. The monoisotopic (exact) mass is 298 g/mol. The molecule has 0 amide bonds. The van der Waals surface area contributed by atoms with E-state index in [-0.39, 0.29) is 10.6 Å². The molecule has 0 unspecified atom stereocenters. The second kappa shape index (κ2) is 6.49. The summed E-state index contributed by atoms with van der Waals surface area (Å²) < 4.78 is 5.95. The SMILES string of the molecule is CN(C)CCn1ncc(NCc2ncon2)c(Cl)c1=O. The minimum absolute atomic E-state index is 0.0993. The molecular formula is C11H15ClN6O2. The molecule has 0 aliphatic heterocycles. The number of nitrogens with one attached hydrogen (secondary N) is 1. The predicted octanol–water partition coefficient (Wildman–Crippen LogP) is 0.453. The number of hydrogen-bond acceptors (Lipinski definition) is 7. The lowest BCUT2D eigenvalue weighted by atomic mass is 10.4. The first-order valence-corrected chi connectivity index (χ1v) is 6.35. The highest BCUT2D eigenvalue weighted by Gasteiger charge is 2.10. The van der Waals surface area contributed by atoms with E-state index in [1.54, 1.807) is 0 Å². The summed E-state index contributed by atoms with van der Waals surface area (Å²) in [5.74, 6) is 0.470. The molecule has 0 bridgehead atoms. The molecule has 0 saturated heterocycles. The van der Waals surface area contributed by atoms with Crippen LogP contribution < -0.4 is 10.9 Å². The van der Waals surface area contributed by atoms with E-state index in [1.165, 1.54) is 17.3 Å². The molecule has 2 aromatic heterocycles. The van der Waals surface area contributed by atoms with Gasteiger partial charge < -0.3 is 14.7 Å². The fraction of sp³-hybridized carbons (Fsp3) is 0.455. The Morgan fingerprint density at radius 1 is 1.50 bits per heavy atom. The number of aromatic nitrogens is 4. The number of halogens is 1. The van der Waals surface area contributed by atoms with Crippen LogP contribution in [0.2, 0.25) is 5.02 Å². The van der Waals surface area contributed by atoms with Crippen LogP contribution in [0.5, 0.6) is 0 Å². The van der Waals surface area contributed by atoms with E-state index in [2.05, 4.69) is 25.1 Å². The first-order valence-electron chi connectivity index (χ1n) is 5.97. The Morgan fingerprint density at radius 2 is 2.30 bits per heavy atom. The molecule has 2 heterocycles. The van der Waals surface area contributed by atoms with Crippen molar-refractivity contribution in [3.8, 4) is 0 Å². The van der Waals surface area contributed by atoms with Crippen molar-refractivity contribution >= 4 is 17.3 Å². The minimum atomic E-state index is -0.327. The molecule has 108 valence electrons. The van der Waals surface area contributed by atoms with Crippen molar-refractivity contribution in [2.24, 2.45) is 0 Å². The van der Waals surface area contributed by atoms with Crippen LogP contribution in [-0.2, 0) is 13.1 Å². The summed E-state index contributed by atoms with van der Waals surface area (Å²) in [6.45, 7) is 1.49. The molecule has 0 aliphatic carbocycles. The topological polar surface area (TPSA) is 89.1 Å². The number of anilines is 1. The number of nitrogens with zero attached hydrogens (tertiary/aromatic N) is 5. The molecule has 20 heavy (non-hydrogen) atoms. The van der Waals surface area contributed by atoms with Gasteiger partial charge in [-0.05, 0) is 14.1 Å². The lowest BCUT2D eigenvalue weighted by molar-refractivity contribution is 0.367. The van der Waals surface area contributed by atoms with Gasteiger partial charge in [0.2, 0.25) is 6.39 Å². The maximum atomic E-state index is 12.0.